The van der Waals surface area contributed by atoms with Crippen LogP contribution in [0.1, 0.15) is 25.0 Å². The maximum absolute atomic E-state index is 11.3. The van der Waals surface area contributed by atoms with E-state index in [0.29, 0.717) is 17.8 Å². The van der Waals surface area contributed by atoms with Crippen molar-refractivity contribution in [1.29, 1.82) is 0 Å². The van der Waals surface area contributed by atoms with Gasteiger partial charge in [0.1, 0.15) is 11.4 Å². The molecular formula is C14H15BrO2. The number of hydrogen-bond acceptors (Lipinski definition) is 2. The predicted molar refractivity (Wildman–Crippen MR) is 67.7 cm³/mol. The summed E-state index contributed by atoms with van der Waals surface area (Å²) in [6.07, 6.45) is 9.53. The Kier molecular flexibility index (Phi) is 1.87. The molecule has 1 heterocycles. The molecule has 0 spiro atoms. The fourth-order valence-corrected chi connectivity index (χ4v) is 5.37. The Bertz CT molecular complexity index is 480. The molecule has 0 unspecified atom stereocenters. The summed E-state index contributed by atoms with van der Waals surface area (Å²) in [6.45, 7) is 0. The highest BCUT2D eigenvalue weighted by Crippen LogP contribution is 2.67. The molecule has 3 heteroatoms. The molecule has 1 aromatic rings. The van der Waals surface area contributed by atoms with Crippen molar-refractivity contribution in [2.24, 2.45) is 17.8 Å². The lowest BCUT2D eigenvalue weighted by Gasteiger charge is -2.47. The first-order chi connectivity index (χ1) is 8.16. The van der Waals surface area contributed by atoms with Crippen LogP contribution in [-0.4, -0.2) is 9.43 Å². The minimum absolute atomic E-state index is 0.230. The summed E-state index contributed by atoms with van der Waals surface area (Å²) < 4.78 is 5.31. The number of halogens is 1. The van der Waals surface area contributed by atoms with Gasteiger partial charge in [-0.3, -0.25) is 0 Å². The maximum atomic E-state index is 11.3. The van der Waals surface area contributed by atoms with Crippen molar-refractivity contribution in [2.45, 2.75) is 29.2 Å². The van der Waals surface area contributed by atoms with Crippen LogP contribution in [0.4, 0.5) is 0 Å². The van der Waals surface area contributed by atoms with Crippen molar-refractivity contribution >= 4 is 15.9 Å². The molecule has 0 amide bonds. The second-order valence-electron chi connectivity index (χ2n) is 5.64. The van der Waals surface area contributed by atoms with Crippen LogP contribution in [0.25, 0.3) is 0 Å². The van der Waals surface area contributed by atoms with E-state index in [1.165, 1.54) is 6.42 Å². The number of furan rings is 1. The highest BCUT2D eigenvalue weighted by molar-refractivity contribution is 9.10. The molecule has 90 valence electrons. The molecule has 0 saturated heterocycles. The van der Waals surface area contributed by atoms with Crippen LogP contribution in [0.3, 0.4) is 0 Å². The van der Waals surface area contributed by atoms with Gasteiger partial charge in [0.05, 0.1) is 10.6 Å². The van der Waals surface area contributed by atoms with Gasteiger partial charge in [-0.25, -0.2) is 0 Å². The number of hydrogen-bond donors (Lipinski definition) is 1. The highest BCUT2D eigenvalue weighted by atomic mass is 79.9. The molecule has 2 fully saturated rings. The molecule has 1 aromatic heterocycles. The van der Waals surface area contributed by atoms with Crippen LogP contribution in [0.2, 0.25) is 0 Å². The Morgan fingerprint density at radius 1 is 1.41 bits per heavy atom. The predicted octanol–water partition coefficient (Wildman–Crippen LogP) is 3.22. The number of rotatable bonds is 1. The second-order valence-corrected chi connectivity index (χ2v) is 7.06. The van der Waals surface area contributed by atoms with Crippen LogP contribution in [0.5, 0.6) is 0 Å². The van der Waals surface area contributed by atoms with E-state index in [-0.39, 0.29) is 4.32 Å². The molecule has 17 heavy (non-hydrogen) atoms. The summed E-state index contributed by atoms with van der Waals surface area (Å²) in [4.78, 5) is 0. The minimum atomic E-state index is -0.840. The molecule has 1 N–H and O–H groups in total. The first-order valence-corrected chi connectivity index (χ1v) is 7.09. The molecule has 0 aromatic carbocycles. The quantitative estimate of drug-likeness (QED) is 0.637. The Balaban J connectivity index is 1.93. The van der Waals surface area contributed by atoms with E-state index in [2.05, 4.69) is 28.1 Å². The Morgan fingerprint density at radius 2 is 2.29 bits per heavy atom. The molecule has 3 aliphatic carbocycles. The van der Waals surface area contributed by atoms with E-state index < -0.39 is 5.60 Å². The van der Waals surface area contributed by atoms with Gasteiger partial charge in [0.2, 0.25) is 0 Å². The number of fused-ring (bicyclic) bond motifs is 6. The molecule has 2 saturated carbocycles. The van der Waals surface area contributed by atoms with Crippen molar-refractivity contribution < 1.29 is 9.52 Å². The van der Waals surface area contributed by atoms with E-state index in [0.717, 1.165) is 18.6 Å². The smallest absolute Gasteiger partial charge is 0.141 e. The SMILES string of the molecule is O[C@@]1(c2ccco2)[C@@H]2CC[C@@]1(Br)[C@@H]1C=C[C@H]2C1. The summed E-state index contributed by atoms with van der Waals surface area (Å²) >= 11 is 3.87. The van der Waals surface area contributed by atoms with Gasteiger partial charge in [0.15, 0.2) is 0 Å². The topological polar surface area (TPSA) is 33.4 Å². The van der Waals surface area contributed by atoms with Crippen LogP contribution in [0.15, 0.2) is 35.0 Å². The zero-order valence-corrected chi connectivity index (χ0v) is 11.1. The molecule has 4 rings (SSSR count). The third-order valence-corrected chi connectivity index (χ3v) is 6.70. The second kappa shape index (κ2) is 3.07. The molecule has 3 aliphatic rings. The number of allylic oxidation sites excluding steroid dienone is 2. The zero-order chi connectivity index (χ0) is 11.7. The lowest BCUT2D eigenvalue weighted by atomic mass is 9.66. The largest absolute Gasteiger partial charge is 0.466 e. The molecule has 0 aliphatic heterocycles. The van der Waals surface area contributed by atoms with E-state index in [1.54, 1.807) is 6.26 Å². The van der Waals surface area contributed by atoms with Gasteiger partial charge in [-0.1, -0.05) is 28.1 Å². The van der Waals surface area contributed by atoms with E-state index in [1.807, 2.05) is 12.1 Å². The first-order valence-electron chi connectivity index (χ1n) is 6.30. The first kappa shape index (κ1) is 10.4. The summed E-state index contributed by atoms with van der Waals surface area (Å²) in [5.74, 6) is 1.97. The normalized spacial score (nSPS) is 51.1. The molecule has 5 atom stereocenters. The van der Waals surface area contributed by atoms with Gasteiger partial charge in [-0.05, 0) is 43.2 Å². The minimum Gasteiger partial charge on any atom is -0.466 e. The maximum Gasteiger partial charge on any atom is 0.141 e. The highest BCUT2D eigenvalue weighted by Gasteiger charge is 2.69. The average molecular weight is 295 g/mol. The summed E-state index contributed by atoms with van der Waals surface area (Å²) in [5, 5.41) is 11.3. The Morgan fingerprint density at radius 3 is 3.06 bits per heavy atom. The fraction of sp³-hybridized carbons (Fsp3) is 0.571. The zero-order valence-electron chi connectivity index (χ0n) is 9.47. The third-order valence-electron chi connectivity index (χ3n) is 5.11. The van der Waals surface area contributed by atoms with Crippen molar-refractivity contribution in [2.75, 3.05) is 0 Å². The monoisotopic (exact) mass is 294 g/mol. The van der Waals surface area contributed by atoms with Gasteiger partial charge in [0.25, 0.3) is 0 Å². The van der Waals surface area contributed by atoms with Crippen molar-refractivity contribution in [3.8, 4) is 0 Å². The molecule has 4 bridgehead atoms. The third kappa shape index (κ3) is 1.02. The van der Waals surface area contributed by atoms with E-state index >= 15 is 0 Å². The van der Waals surface area contributed by atoms with Crippen molar-refractivity contribution in [1.82, 2.24) is 0 Å². The van der Waals surface area contributed by atoms with Crippen molar-refractivity contribution in [3.63, 3.8) is 0 Å². The van der Waals surface area contributed by atoms with E-state index in [9.17, 15) is 5.11 Å². The van der Waals surface area contributed by atoms with Gasteiger partial charge in [-0.2, -0.15) is 0 Å². The fourth-order valence-electron chi connectivity index (χ4n) is 4.31. The molecule has 0 radical (unpaired) electrons. The van der Waals surface area contributed by atoms with Gasteiger partial charge in [-0.15, -0.1) is 0 Å². The number of alkyl halides is 1. The van der Waals surface area contributed by atoms with Crippen LogP contribution >= 0.6 is 15.9 Å². The Labute approximate surface area is 109 Å². The lowest BCUT2D eigenvalue weighted by molar-refractivity contribution is -0.0861. The van der Waals surface area contributed by atoms with Crippen LogP contribution in [0, 0.1) is 17.8 Å². The standard InChI is InChI=1S/C14H15BrO2/c15-13-6-5-11(9-3-4-10(13)8-9)14(13,16)12-2-1-7-17-12/h1-4,7,9-11,16H,5-6,8H2/t9-,10+,11+,13+,14+/m0/s1. The molecular weight excluding hydrogens is 280 g/mol. The van der Waals surface area contributed by atoms with Crippen LogP contribution < -0.4 is 0 Å². The van der Waals surface area contributed by atoms with Gasteiger partial charge < -0.3 is 9.52 Å². The van der Waals surface area contributed by atoms with Crippen molar-refractivity contribution in [3.05, 3.63) is 36.3 Å². The molecule has 2 nitrogen and oxygen atoms in total. The average Bonchev–Trinajstić information content (AvgIpc) is 2.97. The summed E-state index contributed by atoms with van der Waals surface area (Å²) in [6, 6.07) is 3.78. The van der Waals surface area contributed by atoms with Gasteiger partial charge in [0, 0.05) is 5.92 Å². The lowest BCUT2D eigenvalue weighted by Crippen LogP contribution is -2.54. The summed E-state index contributed by atoms with van der Waals surface area (Å²) in [7, 11) is 0. The van der Waals surface area contributed by atoms with E-state index in [4.69, 9.17) is 4.42 Å². The van der Waals surface area contributed by atoms with Gasteiger partial charge >= 0.3 is 0 Å². The number of aliphatic hydroxyl groups is 1. The Hall–Kier alpha value is -0.540. The summed E-state index contributed by atoms with van der Waals surface area (Å²) in [5.41, 5.74) is -0.840. The van der Waals surface area contributed by atoms with Crippen LogP contribution in [-0.2, 0) is 5.60 Å².